The Bertz CT molecular complexity index is 1050. The van der Waals surface area contributed by atoms with Crippen LogP contribution in [-0.4, -0.2) is 35.1 Å². The van der Waals surface area contributed by atoms with E-state index in [0.717, 1.165) is 12.1 Å². The van der Waals surface area contributed by atoms with Crippen molar-refractivity contribution >= 4 is 11.6 Å². The number of ether oxygens (including phenoxy) is 2. The van der Waals surface area contributed by atoms with Crippen molar-refractivity contribution in [2.75, 3.05) is 19.5 Å². The molecule has 29 heavy (non-hydrogen) atoms. The molecular weight excluding hydrogens is 389 g/mol. The lowest BCUT2D eigenvalue weighted by molar-refractivity contribution is -0.137. The van der Waals surface area contributed by atoms with E-state index in [1.807, 2.05) is 0 Å². The van der Waals surface area contributed by atoms with E-state index in [2.05, 4.69) is 15.6 Å². The van der Waals surface area contributed by atoms with Gasteiger partial charge in [0.15, 0.2) is 17.2 Å². The summed E-state index contributed by atoms with van der Waals surface area (Å²) in [5, 5.41) is 10.3. The predicted molar refractivity (Wildman–Crippen MR) is 98.6 cm³/mol. The molecule has 7 nitrogen and oxygen atoms in total. The molecule has 0 bridgehead atoms. The summed E-state index contributed by atoms with van der Waals surface area (Å²) < 4.78 is 50.4. The molecule has 2 aromatic carbocycles. The summed E-state index contributed by atoms with van der Waals surface area (Å²) in [4.78, 5) is 12.6. The summed E-state index contributed by atoms with van der Waals surface area (Å²) in [6.07, 6.45) is -4.49. The zero-order chi connectivity index (χ0) is 21.2. The number of rotatable bonds is 5. The number of nitrogens with one attached hydrogen (secondary N) is 1. The van der Waals surface area contributed by atoms with Crippen LogP contribution in [-0.2, 0) is 6.18 Å². The smallest absolute Gasteiger partial charge is 0.416 e. The molecule has 0 aliphatic carbocycles. The fourth-order valence-corrected chi connectivity index (χ4v) is 2.70. The van der Waals surface area contributed by atoms with Gasteiger partial charge in [0.1, 0.15) is 0 Å². The van der Waals surface area contributed by atoms with Crippen molar-refractivity contribution in [3.63, 3.8) is 0 Å². The van der Waals surface area contributed by atoms with Gasteiger partial charge in [-0.2, -0.15) is 13.2 Å². The number of alkyl halides is 3. The standard InChI is InChI=1S/C19H17F3N4O3/c1-11-17(18(27)23-13-7-8-15(28-2)16(10-13)29-3)24-25-26(11)14-6-4-5-12(9-14)19(20,21)22/h4-10H,1-3H3,(H,23,27). The van der Waals surface area contributed by atoms with Crippen molar-refractivity contribution in [3.05, 3.63) is 59.4 Å². The molecule has 0 saturated carbocycles. The lowest BCUT2D eigenvalue weighted by atomic mass is 10.2. The number of halogens is 3. The number of benzene rings is 2. The Morgan fingerprint density at radius 2 is 1.79 bits per heavy atom. The quantitative estimate of drug-likeness (QED) is 0.696. The molecule has 0 saturated heterocycles. The van der Waals surface area contributed by atoms with Crippen molar-refractivity contribution in [1.82, 2.24) is 15.0 Å². The molecule has 3 rings (SSSR count). The van der Waals surface area contributed by atoms with E-state index in [1.54, 1.807) is 25.1 Å². The molecular formula is C19H17F3N4O3. The van der Waals surface area contributed by atoms with Gasteiger partial charge in [-0.25, -0.2) is 4.68 Å². The van der Waals surface area contributed by atoms with Crippen molar-refractivity contribution in [3.8, 4) is 17.2 Å². The number of nitrogens with zero attached hydrogens (tertiary/aromatic N) is 3. The summed E-state index contributed by atoms with van der Waals surface area (Å²) in [6, 6.07) is 9.43. The van der Waals surface area contributed by atoms with Crippen LogP contribution in [0.5, 0.6) is 11.5 Å². The van der Waals surface area contributed by atoms with Gasteiger partial charge in [0.05, 0.1) is 31.2 Å². The van der Waals surface area contributed by atoms with Crippen LogP contribution in [0, 0.1) is 6.92 Å². The Balaban J connectivity index is 1.87. The van der Waals surface area contributed by atoms with E-state index in [-0.39, 0.29) is 11.4 Å². The predicted octanol–water partition coefficient (Wildman–Crippen LogP) is 3.86. The molecule has 0 atom stereocenters. The zero-order valence-electron chi connectivity index (χ0n) is 15.7. The lowest BCUT2D eigenvalue weighted by Gasteiger charge is -2.10. The van der Waals surface area contributed by atoms with Gasteiger partial charge in [0.2, 0.25) is 0 Å². The molecule has 1 amide bonds. The third kappa shape index (κ3) is 4.15. The highest BCUT2D eigenvalue weighted by Crippen LogP contribution is 2.31. The van der Waals surface area contributed by atoms with E-state index in [1.165, 1.54) is 31.0 Å². The maximum atomic E-state index is 12.9. The van der Waals surface area contributed by atoms with E-state index in [9.17, 15) is 18.0 Å². The molecule has 3 aromatic rings. The molecule has 10 heteroatoms. The second kappa shape index (κ2) is 7.82. The van der Waals surface area contributed by atoms with Crippen LogP contribution in [0.1, 0.15) is 21.7 Å². The minimum atomic E-state index is -4.49. The van der Waals surface area contributed by atoms with Crippen LogP contribution in [0.25, 0.3) is 5.69 Å². The van der Waals surface area contributed by atoms with Crippen LogP contribution < -0.4 is 14.8 Å². The first-order valence-electron chi connectivity index (χ1n) is 8.38. The Kier molecular flexibility index (Phi) is 5.44. The number of carbonyl (C=O) groups excluding carboxylic acids is 1. The molecule has 152 valence electrons. The normalized spacial score (nSPS) is 11.2. The summed E-state index contributed by atoms with van der Waals surface area (Å²) in [6.45, 7) is 1.55. The first-order chi connectivity index (χ1) is 13.7. The maximum Gasteiger partial charge on any atom is 0.416 e. The van der Waals surface area contributed by atoms with Crippen molar-refractivity contribution in [2.45, 2.75) is 13.1 Å². The Morgan fingerprint density at radius 3 is 2.45 bits per heavy atom. The molecule has 0 aliphatic rings. The number of hydrogen-bond donors (Lipinski definition) is 1. The highest BCUT2D eigenvalue weighted by molar-refractivity contribution is 6.03. The molecule has 0 unspecified atom stereocenters. The average Bonchev–Trinajstić information content (AvgIpc) is 3.08. The second-order valence-corrected chi connectivity index (χ2v) is 6.01. The van der Waals surface area contributed by atoms with Crippen molar-refractivity contribution < 1.29 is 27.4 Å². The lowest BCUT2D eigenvalue weighted by Crippen LogP contribution is -2.14. The maximum absolute atomic E-state index is 12.9. The van der Waals surface area contributed by atoms with Crippen LogP contribution in [0.3, 0.4) is 0 Å². The minimum absolute atomic E-state index is 0.0165. The number of amides is 1. The molecule has 0 radical (unpaired) electrons. The van der Waals surface area contributed by atoms with E-state index >= 15 is 0 Å². The fraction of sp³-hybridized carbons (Fsp3) is 0.211. The number of carbonyl (C=O) groups is 1. The highest BCUT2D eigenvalue weighted by atomic mass is 19.4. The monoisotopic (exact) mass is 406 g/mol. The van der Waals surface area contributed by atoms with Gasteiger partial charge in [0, 0.05) is 11.8 Å². The topological polar surface area (TPSA) is 78.3 Å². The van der Waals surface area contributed by atoms with Crippen molar-refractivity contribution in [2.24, 2.45) is 0 Å². The molecule has 1 heterocycles. The highest BCUT2D eigenvalue weighted by Gasteiger charge is 2.31. The van der Waals surface area contributed by atoms with Gasteiger partial charge < -0.3 is 14.8 Å². The number of aromatic nitrogens is 3. The zero-order valence-corrected chi connectivity index (χ0v) is 15.7. The second-order valence-electron chi connectivity index (χ2n) is 6.01. The summed E-state index contributed by atoms with van der Waals surface area (Å²) in [5.74, 6) is 0.361. The van der Waals surface area contributed by atoms with E-state index < -0.39 is 17.6 Å². The first kappa shape index (κ1) is 20.2. The number of hydrogen-bond acceptors (Lipinski definition) is 5. The largest absolute Gasteiger partial charge is 0.493 e. The van der Waals surface area contributed by atoms with Crippen LogP contribution in [0.2, 0.25) is 0 Å². The van der Waals surface area contributed by atoms with Crippen LogP contribution >= 0.6 is 0 Å². The van der Waals surface area contributed by atoms with Crippen LogP contribution in [0.4, 0.5) is 18.9 Å². The van der Waals surface area contributed by atoms with Gasteiger partial charge in [-0.1, -0.05) is 11.3 Å². The first-order valence-corrected chi connectivity index (χ1v) is 8.38. The Labute approximate surface area is 164 Å². The van der Waals surface area contributed by atoms with Crippen molar-refractivity contribution in [1.29, 1.82) is 0 Å². The molecule has 0 fully saturated rings. The molecule has 0 spiro atoms. The van der Waals surface area contributed by atoms with Gasteiger partial charge in [0.25, 0.3) is 5.91 Å². The summed E-state index contributed by atoms with van der Waals surface area (Å²) in [5.41, 5.74) is 0.0383. The fourth-order valence-electron chi connectivity index (χ4n) is 2.70. The molecule has 1 aromatic heterocycles. The Hall–Kier alpha value is -3.56. The Morgan fingerprint density at radius 1 is 1.07 bits per heavy atom. The van der Waals surface area contributed by atoms with E-state index in [4.69, 9.17) is 9.47 Å². The average molecular weight is 406 g/mol. The third-order valence-corrected chi connectivity index (χ3v) is 4.17. The summed E-state index contributed by atoms with van der Waals surface area (Å²) in [7, 11) is 2.96. The van der Waals surface area contributed by atoms with Gasteiger partial charge in [-0.15, -0.1) is 5.10 Å². The molecule has 0 aliphatic heterocycles. The van der Waals surface area contributed by atoms with E-state index in [0.29, 0.717) is 22.9 Å². The number of methoxy groups -OCH3 is 2. The third-order valence-electron chi connectivity index (χ3n) is 4.17. The van der Waals surface area contributed by atoms with Crippen LogP contribution in [0.15, 0.2) is 42.5 Å². The van der Waals surface area contributed by atoms with Gasteiger partial charge in [-0.3, -0.25) is 4.79 Å². The SMILES string of the molecule is COc1ccc(NC(=O)c2nnn(-c3cccc(C(F)(F)F)c3)c2C)cc1OC. The van der Waals surface area contributed by atoms with Gasteiger partial charge >= 0.3 is 6.18 Å². The molecule has 1 N–H and O–H groups in total. The minimum Gasteiger partial charge on any atom is -0.493 e. The van der Waals surface area contributed by atoms with Gasteiger partial charge in [-0.05, 0) is 37.3 Å². The summed E-state index contributed by atoms with van der Waals surface area (Å²) >= 11 is 0. The number of anilines is 1.